The molecule has 1 saturated carbocycles. The van der Waals surface area contributed by atoms with E-state index in [0.717, 1.165) is 25.7 Å². The summed E-state index contributed by atoms with van der Waals surface area (Å²) in [5.41, 5.74) is 0.716. The van der Waals surface area contributed by atoms with Gasteiger partial charge in [-0.3, -0.25) is 10.1 Å². The molecule has 0 radical (unpaired) electrons. The Kier molecular flexibility index (Phi) is 5.18. The number of carbonyl (C=O) groups is 1. The monoisotopic (exact) mass is 275 g/mol. The minimum atomic E-state index is -0.488. The molecule has 1 aliphatic rings. The van der Waals surface area contributed by atoms with Gasteiger partial charge in [0, 0.05) is 6.54 Å². The lowest BCUT2D eigenvalue weighted by atomic mass is 9.77. The molecule has 0 bridgehead atoms. The first-order chi connectivity index (χ1) is 9.66. The van der Waals surface area contributed by atoms with Crippen molar-refractivity contribution in [2.75, 3.05) is 6.61 Å². The van der Waals surface area contributed by atoms with Crippen molar-refractivity contribution in [1.29, 1.82) is 0 Å². The first-order valence-electron chi connectivity index (χ1n) is 7.62. The normalized spacial score (nSPS) is 26.2. The van der Waals surface area contributed by atoms with Crippen molar-refractivity contribution in [3.63, 3.8) is 0 Å². The molecular weight excluding hydrogens is 250 g/mol. The Morgan fingerprint density at radius 3 is 2.55 bits per heavy atom. The van der Waals surface area contributed by atoms with Crippen LogP contribution in [0.25, 0.3) is 0 Å². The third kappa shape index (κ3) is 3.60. The van der Waals surface area contributed by atoms with Gasteiger partial charge in [-0.25, -0.2) is 0 Å². The molecule has 0 heterocycles. The van der Waals surface area contributed by atoms with Gasteiger partial charge in [-0.15, -0.1) is 0 Å². The van der Waals surface area contributed by atoms with Crippen LogP contribution in [0.1, 0.15) is 45.1 Å². The SMILES string of the molecule is CCOC(=O)C1(NCc2ccccc2)CCC(C)CC1. The van der Waals surface area contributed by atoms with Crippen molar-refractivity contribution in [2.24, 2.45) is 5.92 Å². The van der Waals surface area contributed by atoms with E-state index in [1.54, 1.807) is 0 Å². The van der Waals surface area contributed by atoms with Gasteiger partial charge >= 0.3 is 5.97 Å². The number of esters is 1. The lowest BCUT2D eigenvalue weighted by Crippen LogP contribution is -2.54. The number of hydrogen-bond donors (Lipinski definition) is 1. The van der Waals surface area contributed by atoms with Crippen molar-refractivity contribution in [3.8, 4) is 0 Å². The number of hydrogen-bond acceptors (Lipinski definition) is 3. The molecule has 2 rings (SSSR count). The molecule has 110 valence electrons. The fourth-order valence-corrected chi connectivity index (χ4v) is 2.84. The predicted octanol–water partition coefficient (Wildman–Crippen LogP) is 3.29. The summed E-state index contributed by atoms with van der Waals surface area (Å²) in [7, 11) is 0. The molecular formula is C17H25NO2. The van der Waals surface area contributed by atoms with E-state index in [0.29, 0.717) is 19.1 Å². The summed E-state index contributed by atoms with van der Waals surface area (Å²) in [4.78, 5) is 12.4. The van der Waals surface area contributed by atoms with Crippen LogP contribution in [0.3, 0.4) is 0 Å². The number of nitrogens with one attached hydrogen (secondary N) is 1. The van der Waals surface area contributed by atoms with E-state index in [2.05, 4.69) is 24.4 Å². The van der Waals surface area contributed by atoms with E-state index in [-0.39, 0.29) is 5.97 Å². The average molecular weight is 275 g/mol. The van der Waals surface area contributed by atoms with Crippen LogP contribution < -0.4 is 5.32 Å². The van der Waals surface area contributed by atoms with E-state index in [9.17, 15) is 4.79 Å². The van der Waals surface area contributed by atoms with Crippen LogP contribution >= 0.6 is 0 Å². The Morgan fingerprint density at radius 2 is 1.95 bits per heavy atom. The van der Waals surface area contributed by atoms with Gasteiger partial charge in [0.1, 0.15) is 5.54 Å². The van der Waals surface area contributed by atoms with Crippen molar-refractivity contribution in [1.82, 2.24) is 5.32 Å². The standard InChI is InChI=1S/C17H25NO2/c1-3-20-16(19)17(11-9-14(2)10-12-17)18-13-15-7-5-4-6-8-15/h4-8,14,18H,3,9-13H2,1-2H3. The second-order valence-corrected chi connectivity index (χ2v) is 5.82. The van der Waals surface area contributed by atoms with Gasteiger partial charge in [0.2, 0.25) is 0 Å². The first kappa shape index (κ1) is 15.0. The molecule has 20 heavy (non-hydrogen) atoms. The molecule has 3 heteroatoms. The van der Waals surface area contributed by atoms with E-state index >= 15 is 0 Å². The van der Waals surface area contributed by atoms with Crippen LogP contribution in [0.15, 0.2) is 30.3 Å². The maximum atomic E-state index is 12.4. The zero-order chi connectivity index (χ0) is 14.4. The maximum Gasteiger partial charge on any atom is 0.326 e. The smallest absolute Gasteiger partial charge is 0.326 e. The van der Waals surface area contributed by atoms with E-state index in [1.165, 1.54) is 5.56 Å². The van der Waals surface area contributed by atoms with Gasteiger partial charge in [0.25, 0.3) is 0 Å². The highest BCUT2D eigenvalue weighted by Crippen LogP contribution is 2.33. The number of ether oxygens (including phenoxy) is 1. The van der Waals surface area contributed by atoms with Gasteiger partial charge in [0.15, 0.2) is 0 Å². The second-order valence-electron chi connectivity index (χ2n) is 5.82. The Labute approximate surface area is 121 Å². The summed E-state index contributed by atoms with van der Waals surface area (Å²) in [5, 5.41) is 3.48. The molecule has 1 aromatic carbocycles. The largest absolute Gasteiger partial charge is 0.465 e. The molecule has 0 amide bonds. The van der Waals surface area contributed by atoms with Gasteiger partial charge in [0.05, 0.1) is 6.61 Å². The Balaban J connectivity index is 2.05. The van der Waals surface area contributed by atoms with E-state index in [1.807, 2.05) is 25.1 Å². The van der Waals surface area contributed by atoms with Crippen LogP contribution in [0.5, 0.6) is 0 Å². The van der Waals surface area contributed by atoms with Gasteiger partial charge < -0.3 is 4.74 Å². The molecule has 0 saturated heterocycles. The zero-order valence-corrected chi connectivity index (χ0v) is 12.5. The Bertz CT molecular complexity index is 422. The highest BCUT2D eigenvalue weighted by molar-refractivity contribution is 5.81. The van der Waals surface area contributed by atoms with Crippen LogP contribution in [0, 0.1) is 5.92 Å². The van der Waals surface area contributed by atoms with Crippen LogP contribution in [-0.2, 0) is 16.1 Å². The van der Waals surface area contributed by atoms with Crippen LogP contribution in [-0.4, -0.2) is 18.1 Å². The van der Waals surface area contributed by atoms with E-state index < -0.39 is 5.54 Å². The molecule has 0 unspecified atom stereocenters. The zero-order valence-electron chi connectivity index (χ0n) is 12.5. The molecule has 1 aliphatic carbocycles. The fourth-order valence-electron chi connectivity index (χ4n) is 2.84. The Hall–Kier alpha value is -1.35. The summed E-state index contributed by atoms with van der Waals surface area (Å²) >= 11 is 0. The quantitative estimate of drug-likeness (QED) is 0.838. The number of benzene rings is 1. The van der Waals surface area contributed by atoms with Crippen molar-refractivity contribution in [3.05, 3.63) is 35.9 Å². The van der Waals surface area contributed by atoms with Crippen molar-refractivity contribution < 1.29 is 9.53 Å². The highest BCUT2D eigenvalue weighted by Gasteiger charge is 2.41. The van der Waals surface area contributed by atoms with Crippen LogP contribution in [0.4, 0.5) is 0 Å². The molecule has 0 atom stereocenters. The molecule has 1 fully saturated rings. The van der Waals surface area contributed by atoms with E-state index in [4.69, 9.17) is 4.74 Å². The summed E-state index contributed by atoms with van der Waals surface area (Å²) in [5.74, 6) is 0.624. The molecule has 3 nitrogen and oxygen atoms in total. The lowest BCUT2D eigenvalue weighted by molar-refractivity contribution is -0.153. The summed E-state index contributed by atoms with van der Waals surface area (Å²) in [6, 6.07) is 10.2. The summed E-state index contributed by atoms with van der Waals surface area (Å²) in [6.07, 6.45) is 3.92. The lowest BCUT2D eigenvalue weighted by Gasteiger charge is -2.38. The van der Waals surface area contributed by atoms with Crippen LogP contribution in [0.2, 0.25) is 0 Å². The Morgan fingerprint density at radius 1 is 1.30 bits per heavy atom. The van der Waals surface area contributed by atoms with Crippen molar-refractivity contribution in [2.45, 2.75) is 51.6 Å². The molecule has 1 N–H and O–H groups in total. The maximum absolute atomic E-state index is 12.4. The highest BCUT2D eigenvalue weighted by atomic mass is 16.5. The van der Waals surface area contributed by atoms with Gasteiger partial charge in [-0.1, -0.05) is 37.3 Å². The van der Waals surface area contributed by atoms with Gasteiger partial charge in [-0.2, -0.15) is 0 Å². The average Bonchev–Trinajstić information content (AvgIpc) is 2.48. The van der Waals surface area contributed by atoms with Gasteiger partial charge in [-0.05, 0) is 44.1 Å². The number of carbonyl (C=O) groups excluding carboxylic acids is 1. The summed E-state index contributed by atoms with van der Waals surface area (Å²) < 4.78 is 5.31. The predicted molar refractivity (Wildman–Crippen MR) is 80.3 cm³/mol. The minimum absolute atomic E-state index is 0.0807. The molecule has 0 aliphatic heterocycles. The molecule has 0 aromatic heterocycles. The minimum Gasteiger partial charge on any atom is -0.465 e. The molecule has 1 aromatic rings. The topological polar surface area (TPSA) is 38.3 Å². The number of rotatable bonds is 5. The van der Waals surface area contributed by atoms with Crippen molar-refractivity contribution >= 4 is 5.97 Å². The third-order valence-electron chi connectivity index (χ3n) is 4.27. The molecule has 0 spiro atoms. The summed E-state index contributed by atoms with van der Waals surface area (Å²) in [6.45, 7) is 5.29. The fraction of sp³-hybridized carbons (Fsp3) is 0.588. The third-order valence-corrected chi connectivity index (χ3v) is 4.27. The first-order valence-corrected chi connectivity index (χ1v) is 7.62. The second kappa shape index (κ2) is 6.89.